The van der Waals surface area contributed by atoms with Gasteiger partial charge in [0.1, 0.15) is 0 Å². The third kappa shape index (κ3) is 1.89. The van der Waals surface area contributed by atoms with E-state index in [0.29, 0.717) is 11.8 Å². The highest BCUT2D eigenvalue weighted by atomic mass is 35.5. The van der Waals surface area contributed by atoms with Gasteiger partial charge in [0.2, 0.25) is 5.28 Å². The van der Waals surface area contributed by atoms with Crippen molar-refractivity contribution >= 4 is 22.6 Å². The van der Waals surface area contributed by atoms with E-state index in [-0.39, 0.29) is 0 Å². The second kappa shape index (κ2) is 4.18. The second-order valence-corrected chi connectivity index (χ2v) is 4.11. The highest BCUT2D eigenvalue weighted by Crippen LogP contribution is 2.20. The first-order valence-electron chi connectivity index (χ1n) is 5.35. The fourth-order valence-electron chi connectivity index (χ4n) is 1.85. The number of fused-ring (bicyclic) bond motifs is 1. The minimum Gasteiger partial charge on any atom is -0.309 e. The molecular weight excluding hydrogens is 234 g/mol. The number of para-hydroxylation sites is 2. The van der Waals surface area contributed by atoms with Gasteiger partial charge >= 0.3 is 0 Å². The number of pyridine rings is 1. The average molecular weight is 244 g/mol. The maximum Gasteiger partial charge on any atom is 0.204 e. The molecule has 0 bridgehead atoms. The zero-order valence-electron chi connectivity index (χ0n) is 9.05. The summed E-state index contributed by atoms with van der Waals surface area (Å²) in [6, 6.07) is 13.7. The Morgan fingerprint density at radius 3 is 2.71 bits per heavy atom. The topological polar surface area (TPSA) is 30.7 Å². The lowest BCUT2D eigenvalue weighted by Gasteiger charge is -2.04. The molecule has 17 heavy (non-hydrogen) atoms. The van der Waals surface area contributed by atoms with Gasteiger partial charge in [-0.25, -0.2) is 4.98 Å². The Kier molecular flexibility index (Phi) is 2.53. The molecule has 0 unspecified atom stereocenters. The molecule has 0 saturated heterocycles. The SMILES string of the molecule is Clc1nc2ccccc2n1Cc1ccccn1. The van der Waals surface area contributed by atoms with Gasteiger partial charge < -0.3 is 4.57 Å². The molecule has 0 atom stereocenters. The standard InChI is InChI=1S/C13H10ClN3/c14-13-16-11-6-1-2-7-12(11)17(13)9-10-5-3-4-8-15-10/h1-8H,9H2. The number of hydrogen-bond donors (Lipinski definition) is 0. The van der Waals surface area contributed by atoms with Gasteiger partial charge in [0, 0.05) is 6.20 Å². The third-order valence-corrected chi connectivity index (χ3v) is 2.94. The smallest absolute Gasteiger partial charge is 0.204 e. The van der Waals surface area contributed by atoms with Crippen molar-refractivity contribution in [2.75, 3.05) is 0 Å². The number of rotatable bonds is 2. The molecule has 2 aromatic heterocycles. The van der Waals surface area contributed by atoms with Crippen molar-refractivity contribution in [2.45, 2.75) is 6.54 Å². The number of nitrogens with zero attached hydrogens (tertiary/aromatic N) is 3. The van der Waals surface area contributed by atoms with Crippen molar-refractivity contribution in [1.82, 2.24) is 14.5 Å². The molecule has 0 radical (unpaired) electrons. The number of benzene rings is 1. The lowest BCUT2D eigenvalue weighted by atomic mass is 10.3. The zero-order valence-corrected chi connectivity index (χ0v) is 9.80. The van der Waals surface area contributed by atoms with E-state index in [9.17, 15) is 0 Å². The summed E-state index contributed by atoms with van der Waals surface area (Å²) >= 11 is 6.14. The van der Waals surface area contributed by atoms with Crippen LogP contribution in [0, 0.1) is 0 Å². The van der Waals surface area contributed by atoms with E-state index in [0.717, 1.165) is 16.7 Å². The van der Waals surface area contributed by atoms with Crippen LogP contribution in [0.25, 0.3) is 11.0 Å². The Labute approximate surface area is 104 Å². The molecule has 2 heterocycles. The van der Waals surface area contributed by atoms with Gasteiger partial charge in [0.25, 0.3) is 0 Å². The van der Waals surface area contributed by atoms with Crippen molar-refractivity contribution in [2.24, 2.45) is 0 Å². The normalized spacial score (nSPS) is 10.9. The molecule has 0 aliphatic carbocycles. The van der Waals surface area contributed by atoms with E-state index in [4.69, 9.17) is 11.6 Å². The Morgan fingerprint density at radius 1 is 1.06 bits per heavy atom. The van der Waals surface area contributed by atoms with Gasteiger partial charge in [-0.15, -0.1) is 0 Å². The molecule has 0 aliphatic heterocycles. The highest BCUT2D eigenvalue weighted by Gasteiger charge is 2.08. The fraction of sp³-hybridized carbons (Fsp3) is 0.0769. The van der Waals surface area contributed by atoms with E-state index >= 15 is 0 Å². The zero-order chi connectivity index (χ0) is 11.7. The molecule has 0 fully saturated rings. The molecule has 0 aliphatic rings. The third-order valence-electron chi connectivity index (χ3n) is 2.65. The highest BCUT2D eigenvalue weighted by molar-refractivity contribution is 6.29. The number of aromatic nitrogens is 3. The van der Waals surface area contributed by atoms with Gasteiger partial charge in [-0.05, 0) is 35.9 Å². The summed E-state index contributed by atoms with van der Waals surface area (Å²) in [6.07, 6.45) is 1.78. The average Bonchev–Trinajstić information content (AvgIpc) is 2.68. The molecular formula is C13H10ClN3. The monoisotopic (exact) mass is 243 g/mol. The van der Waals surface area contributed by atoms with E-state index in [1.54, 1.807) is 6.20 Å². The molecule has 0 N–H and O–H groups in total. The molecule has 4 heteroatoms. The van der Waals surface area contributed by atoms with Gasteiger partial charge in [-0.2, -0.15) is 0 Å². The van der Waals surface area contributed by atoms with E-state index in [2.05, 4.69) is 9.97 Å². The van der Waals surface area contributed by atoms with Crippen LogP contribution in [-0.4, -0.2) is 14.5 Å². The predicted molar refractivity (Wildman–Crippen MR) is 68.1 cm³/mol. The van der Waals surface area contributed by atoms with Crippen LogP contribution < -0.4 is 0 Å². The Balaban J connectivity index is 2.08. The molecule has 3 rings (SSSR count). The van der Waals surface area contributed by atoms with Crippen LogP contribution in [0.2, 0.25) is 5.28 Å². The molecule has 0 spiro atoms. The molecule has 1 aromatic carbocycles. The number of halogens is 1. The summed E-state index contributed by atoms with van der Waals surface area (Å²) in [7, 11) is 0. The Morgan fingerprint density at radius 2 is 1.88 bits per heavy atom. The van der Waals surface area contributed by atoms with Gasteiger partial charge in [-0.1, -0.05) is 18.2 Å². The van der Waals surface area contributed by atoms with E-state index in [1.807, 2.05) is 47.0 Å². The van der Waals surface area contributed by atoms with Crippen LogP contribution in [-0.2, 0) is 6.54 Å². The lowest BCUT2D eigenvalue weighted by Crippen LogP contribution is -2.01. The summed E-state index contributed by atoms with van der Waals surface area (Å²) in [4.78, 5) is 8.60. The first-order valence-corrected chi connectivity index (χ1v) is 5.73. The first kappa shape index (κ1) is 10.3. The molecule has 84 valence electrons. The van der Waals surface area contributed by atoms with E-state index in [1.165, 1.54) is 0 Å². The van der Waals surface area contributed by atoms with Gasteiger partial charge in [0.05, 0.1) is 23.3 Å². The van der Waals surface area contributed by atoms with Crippen LogP contribution in [0.1, 0.15) is 5.69 Å². The largest absolute Gasteiger partial charge is 0.309 e. The minimum absolute atomic E-state index is 0.497. The quantitative estimate of drug-likeness (QED) is 0.692. The van der Waals surface area contributed by atoms with Crippen LogP contribution in [0.4, 0.5) is 0 Å². The fourth-order valence-corrected chi connectivity index (χ4v) is 2.09. The van der Waals surface area contributed by atoms with Crippen molar-refractivity contribution in [3.8, 4) is 0 Å². The van der Waals surface area contributed by atoms with Crippen LogP contribution in [0.15, 0.2) is 48.7 Å². The van der Waals surface area contributed by atoms with Crippen LogP contribution in [0.5, 0.6) is 0 Å². The Bertz CT molecular complexity index is 646. The Hall–Kier alpha value is -1.87. The molecule has 0 saturated carbocycles. The van der Waals surface area contributed by atoms with Crippen molar-refractivity contribution in [3.63, 3.8) is 0 Å². The van der Waals surface area contributed by atoms with Crippen molar-refractivity contribution < 1.29 is 0 Å². The van der Waals surface area contributed by atoms with Crippen LogP contribution >= 0.6 is 11.6 Å². The maximum atomic E-state index is 6.14. The summed E-state index contributed by atoms with van der Waals surface area (Å²) in [6.45, 7) is 0.639. The summed E-state index contributed by atoms with van der Waals surface area (Å²) in [5, 5.41) is 0.497. The summed E-state index contributed by atoms with van der Waals surface area (Å²) in [5.74, 6) is 0. The van der Waals surface area contributed by atoms with Gasteiger partial charge in [0.15, 0.2) is 0 Å². The first-order chi connectivity index (χ1) is 8.34. The molecule has 3 aromatic rings. The van der Waals surface area contributed by atoms with Gasteiger partial charge in [-0.3, -0.25) is 4.98 Å². The van der Waals surface area contributed by atoms with E-state index < -0.39 is 0 Å². The van der Waals surface area contributed by atoms with Crippen molar-refractivity contribution in [1.29, 1.82) is 0 Å². The molecule has 3 nitrogen and oxygen atoms in total. The summed E-state index contributed by atoms with van der Waals surface area (Å²) < 4.78 is 1.96. The predicted octanol–water partition coefficient (Wildman–Crippen LogP) is 3.13. The number of imidazole rings is 1. The minimum atomic E-state index is 0.497. The van der Waals surface area contributed by atoms with Crippen molar-refractivity contribution in [3.05, 3.63) is 59.6 Å². The summed E-state index contributed by atoms with van der Waals surface area (Å²) in [5.41, 5.74) is 2.91. The lowest BCUT2D eigenvalue weighted by molar-refractivity contribution is 0.798. The second-order valence-electron chi connectivity index (χ2n) is 3.78. The van der Waals surface area contributed by atoms with Crippen LogP contribution in [0.3, 0.4) is 0 Å². The molecule has 0 amide bonds. The number of hydrogen-bond acceptors (Lipinski definition) is 2. The maximum absolute atomic E-state index is 6.14.